The van der Waals surface area contributed by atoms with Crippen molar-refractivity contribution in [2.75, 3.05) is 31.6 Å². The quantitative estimate of drug-likeness (QED) is 0.818. The number of amides is 1. The van der Waals surface area contributed by atoms with E-state index < -0.39 is 6.10 Å². The van der Waals surface area contributed by atoms with E-state index >= 15 is 0 Å². The summed E-state index contributed by atoms with van der Waals surface area (Å²) >= 11 is 6.23. The monoisotopic (exact) mass is 384 g/mol. The van der Waals surface area contributed by atoms with E-state index in [9.17, 15) is 4.79 Å². The average Bonchev–Trinajstić information content (AvgIpc) is 3.05. The minimum Gasteiger partial charge on any atom is -0.485 e. The molecule has 2 aromatic carbocycles. The van der Waals surface area contributed by atoms with Gasteiger partial charge in [0.05, 0.1) is 0 Å². The Morgan fingerprint density at radius 3 is 2.74 bits per heavy atom. The molecule has 0 aliphatic carbocycles. The van der Waals surface area contributed by atoms with Crippen molar-refractivity contribution in [3.05, 3.63) is 53.1 Å². The number of nitrogens with zero attached hydrogens (tertiary/aromatic N) is 1. The summed E-state index contributed by atoms with van der Waals surface area (Å²) in [6.45, 7) is 2.60. The van der Waals surface area contributed by atoms with E-state index in [-0.39, 0.29) is 17.9 Å². The van der Waals surface area contributed by atoms with Crippen LogP contribution in [0.15, 0.2) is 42.5 Å². The molecule has 140 valence electrons. The van der Waals surface area contributed by atoms with Crippen LogP contribution in [0.5, 0.6) is 11.5 Å². The molecule has 27 heavy (non-hydrogen) atoms. The summed E-state index contributed by atoms with van der Waals surface area (Å²) in [5.41, 5.74) is 2.51. The molecule has 0 saturated carbocycles. The zero-order chi connectivity index (χ0) is 18.4. The van der Waals surface area contributed by atoms with Crippen LogP contribution in [0.25, 0.3) is 0 Å². The number of nitrogens with one attached hydrogen (secondary N) is 1. The highest BCUT2D eigenvalue weighted by atomic mass is 35.5. The van der Waals surface area contributed by atoms with Crippen LogP contribution < -0.4 is 14.8 Å². The number of rotatable bonds is 1. The molecule has 3 heterocycles. The van der Waals surface area contributed by atoms with Gasteiger partial charge in [0.15, 0.2) is 11.5 Å². The van der Waals surface area contributed by atoms with Crippen molar-refractivity contribution in [2.45, 2.75) is 24.4 Å². The van der Waals surface area contributed by atoms with Gasteiger partial charge in [-0.3, -0.25) is 4.79 Å². The van der Waals surface area contributed by atoms with Gasteiger partial charge in [0.25, 0.3) is 5.91 Å². The first-order valence-corrected chi connectivity index (χ1v) is 9.74. The van der Waals surface area contributed by atoms with Gasteiger partial charge in [-0.15, -0.1) is 0 Å². The molecule has 0 radical (unpaired) electrons. The number of halogens is 1. The topological polar surface area (TPSA) is 50.8 Å². The molecule has 1 unspecified atom stereocenters. The summed E-state index contributed by atoms with van der Waals surface area (Å²) in [5.74, 6) is 1.35. The second kappa shape index (κ2) is 6.34. The fourth-order valence-electron chi connectivity index (χ4n) is 4.42. The van der Waals surface area contributed by atoms with Gasteiger partial charge in [-0.1, -0.05) is 23.7 Å². The number of ether oxygens (including phenoxy) is 2. The fraction of sp³-hybridized carbons (Fsp3) is 0.381. The number of likely N-dealkylation sites (tertiary alicyclic amines) is 1. The summed E-state index contributed by atoms with van der Waals surface area (Å²) in [6.07, 6.45) is 1.27. The highest BCUT2D eigenvalue weighted by Gasteiger charge is 2.43. The summed E-state index contributed by atoms with van der Waals surface area (Å²) in [5, 5.41) is 4.27. The molecule has 3 aliphatic rings. The number of carbonyl (C=O) groups is 1. The minimum atomic E-state index is -0.572. The lowest BCUT2D eigenvalue weighted by atomic mass is 9.74. The largest absolute Gasteiger partial charge is 0.485 e. The van der Waals surface area contributed by atoms with Gasteiger partial charge in [0.1, 0.15) is 6.61 Å². The summed E-state index contributed by atoms with van der Waals surface area (Å²) in [7, 11) is 0. The SMILES string of the molecule is O=C(C1COc2ccccc2O1)N1CCC2(CC1)CNc1ccc(Cl)cc12. The normalized spacial score (nSPS) is 22.3. The van der Waals surface area contributed by atoms with Crippen LogP contribution >= 0.6 is 11.6 Å². The van der Waals surface area contributed by atoms with Crippen molar-refractivity contribution < 1.29 is 14.3 Å². The maximum Gasteiger partial charge on any atom is 0.267 e. The molecule has 5 nitrogen and oxygen atoms in total. The van der Waals surface area contributed by atoms with Crippen molar-refractivity contribution in [3.8, 4) is 11.5 Å². The van der Waals surface area contributed by atoms with Crippen molar-refractivity contribution in [1.29, 1.82) is 0 Å². The number of hydrogen-bond acceptors (Lipinski definition) is 4. The van der Waals surface area contributed by atoms with E-state index in [1.165, 1.54) is 11.3 Å². The molecule has 1 atom stereocenters. The van der Waals surface area contributed by atoms with E-state index in [1.54, 1.807) is 0 Å². The van der Waals surface area contributed by atoms with Gasteiger partial charge in [0, 0.05) is 35.8 Å². The Morgan fingerprint density at radius 2 is 1.93 bits per heavy atom. The highest BCUT2D eigenvalue weighted by molar-refractivity contribution is 6.30. The van der Waals surface area contributed by atoms with Gasteiger partial charge in [0.2, 0.25) is 6.10 Å². The van der Waals surface area contributed by atoms with Crippen molar-refractivity contribution in [1.82, 2.24) is 4.90 Å². The Morgan fingerprint density at radius 1 is 1.15 bits per heavy atom. The molecule has 0 aromatic heterocycles. The van der Waals surface area contributed by atoms with E-state index in [0.717, 1.165) is 24.4 Å². The first-order chi connectivity index (χ1) is 13.1. The third-order valence-corrected chi connectivity index (χ3v) is 6.22. The van der Waals surface area contributed by atoms with E-state index in [2.05, 4.69) is 17.4 Å². The van der Waals surface area contributed by atoms with Crippen LogP contribution in [-0.2, 0) is 10.2 Å². The maximum atomic E-state index is 13.0. The van der Waals surface area contributed by atoms with E-state index in [1.807, 2.05) is 35.2 Å². The second-order valence-electron chi connectivity index (χ2n) is 7.51. The minimum absolute atomic E-state index is 0.0108. The number of fused-ring (bicyclic) bond motifs is 3. The Labute approximate surface area is 163 Å². The molecule has 1 N–H and O–H groups in total. The first kappa shape index (κ1) is 16.8. The predicted molar refractivity (Wildman–Crippen MR) is 104 cm³/mol. The van der Waals surface area contributed by atoms with E-state index in [0.29, 0.717) is 24.6 Å². The molecule has 3 aliphatic heterocycles. The molecule has 0 bridgehead atoms. The number of carbonyl (C=O) groups excluding carboxylic acids is 1. The fourth-order valence-corrected chi connectivity index (χ4v) is 4.59. The number of piperidine rings is 1. The number of para-hydroxylation sites is 2. The van der Waals surface area contributed by atoms with Crippen LogP contribution in [0, 0.1) is 0 Å². The summed E-state index contributed by atoms with van der Waals surface area (Å²) < 4.78 is 11.6. The Bertz CT molecular complexity index is 893. The van der Waals surface area contributed by atoms with Crippen molar-refractivity contribution in [2.24, 2.45) is 0 Å². The smallest absolute Gasteiger partial charge is 0.267 e. The molecule has 1 saturated heterocycles. The third kappa shape index (κ3) is 2.81. The van der Waals surface area contributed by atoms with Gasteiger partial charge in [-0.25, -0.2) is 0 Å². The molecule has 1 spiro atoms. The maximum absolute atomic E-state index is 13.0. The lowest BCUT2D eigenvalue weighted by Gasteiger charge is -2.40. The van der Waals surface area contributed by atoms with Gasteiger partial charge in [-0.05, 0) is 48.7 Å². The average molecular weight is 385 g/mol. The van der Waals surface area contributed by atoms with Crippen molar-refractivity contribution >= 4 is 23.2 Å². The molecule has 1 fully saturated rings. The molecule has 5 rings (SSSR count). The molecule has 1 amide bonds. The van der Waals surface area contributed by atoms with Gasteiger partial charge in [-0.2, -0.15) is 0 Å². The van der Waals surface area contributed by atoms with Crippen LogP contribution in [0.3, 0.4) is 0 Å². The predicted octanol–water partition coefficient (Wildman–Crippen LogP) is 3.47. The number of anilines is 1. The first-order valence-electron chi connectivity index (χ1n) is 9.36. The third-order valence-electron chi connectivity index (χ3n) is 5.99. The number of benzene rings is 2. The van der Waals surface area contributed by atoms with Crippen LogP contribution in [0.1, 0.15) is 18.4 Å². The lowest BCUT2D eigenvalue weighted by molar-refractivity contribution is -0.142. The van der Waals surface area contributed by atoms with Crippen LogP contribution in [0.2, 0.25) is 5.02 Å². The van der Waals surface area contributed by atoms with Crippen LogP contribution in [0.4, 0.5) is 5.69 Å². The molecular formula is C21H21ClN2O3. The van der Waals surface area contributed by atoms with E-state index in [4.69, 9.17) is 21.1 Å². The Balaban J connectivity index is 1.28. The lowest BCUT2D eigenvalue weighted by Crippen LogP contribution is -2.52. The molecule has 6 heteroatoms. The zero-order valence-corrected chi connectivity index (χ0v) is 15.7. The Kier molecular flexibility index (Phi) is 3.93. The Hall–Kier alpha value is -2.40. The van der Waals surface area contributed by atoms with Gasteiger partial charge >= 0.3 is 0 Å². The highest BCUT2D eigenvalue weighted by Crippen LogP contribution is 2.45. The summed E-state index contributed by atoms with van der Waals surface area (Å²) in [6, 6.07) is 13.5. The standard InChI is InChI=1S/C21H21ClN2O3/c22-14-5-6-16-15(11-14)21(13-23-16)7-9-24(10-8-21)20(25)19-12-26-17-3-1-2-4-18(17)27-19/h1-6,11,19,23H,7-10,12-13H2. The number of hydrogen-bond donors (Lipinski definition) is 1. The van der Waals surface area contributed by atoms with Gasteiger partial charge < -0.3 is 19.7 Å². The van der Waals surface area contributed by atoms with Crippen LogP contribution in [-0.4, -0.2) is 43.2 Å². The molecule has 2 aromatic rings. The molecular weight excluding hydrogens is 364 g/mol. The summed E-state index contributed by atoms with van der Waals surface area (Å²) in [4.78, 5) is 14.9. The zero-order valence-electron chi connectivity index (χ0n) is 14.9. The second-order valence-corrected chi connectivity index (χ2v) is 7.95. The van der Waals surface area contributed by atoms with Crippen molar-refractivity contribution in [3.63, 3.8) is 0 Å².